The van der Waals surface area contributed by atoms with E-state index in [9.17, 15) is 4.79 Å². The Balaban J connectivity index is 2.24. The monoisotopic (exact) mass is 213 g/mol. The summed E-state index contributed by atoms with van der Waals surface area (Å²) in [6, 6.07) is -0.569. The van der Waals surface area contributed by atoms with Crippen LogP contribution in [0.1, 0.15) is 6.42 Å². The second kappa shape index (κ2) is 6.15. The zero-order valence-electron chi connectivity index (χ0n) is 8.33. The summed E-state index contributed by atoms with van der Waals surface area (Å²) < 4.78 is 1.78. The van der Waals surface area contributed by atoms with Crippen LogP contribution in [0.4, 0.5) is 0 Å². The number of aromatic nitrogens is 2. The second-order valence-corrected chi connectivity index (χ2v) is 3.18. The summed E-state index contributed by atoms with van der Waals surface area (Å²) in [5.74, 6) is -0.197. The Morgan fingerprint density at radius 1 is 1.47 bits per heavy atom. The number of nitrogens with zero attached hydrogens (tertiary/aromatic N) is 2. The molecule has 6 heteroatoms. The molecule has 0 fully saturated rings. The van der Waals surface area contributed by atoms with Gasteiger partial charge in [0.2, 0.25) is 5.91 Å². The molecule has 0 saturated carbocycles. The van der Waals surface area contributed by atoms with Gasteiger partial charge < -0.3 is 20.1 Å². The van der Waals surface area contributed by atoms with Crippen molar-refractivity contribution in [2.45, 2.75) is 19.0 Å². The molecule has 1 aromatic rings. The summed E-state index contributed by atoms with van der Waals surface area (Å²) in [6.07, 6.45) is 5.33. The van der Waals surface area contributed by atoms with Gasteiger partial charge in [0.05, 0.1) is 25.6 Å². The van der Waals surface area contributed by atoms with E-state index in [-0.39, 0.29) is 19.1 Å². The maximum absolute atomic E-state index is 11.3. The molecular formula is C9H15N3O3. The van der Waals surface area contributed by atoms with Crippen molar-refractivity contribution in [1.82, 2.24) is 14.9 Å². The number of hydrogen-bond acceptors (Lipinski definition) is 4. The van der Waals surface area contributed by atoms with E-state index in [4.69, 9.17) is 10.2 Å². The van der Waals surface area contributed by atoms with Crippen LogP contribution in [0.3, 0.4) is 0 Å². The molecule has 0 radical (unpaired) electrons. The number of rotatable bonds is 6. The van der Waals surface area contributed by atoms with E-state index >= 15 is 0 Å². The van der Waals surface area contributed by atoms with Crippen molar-refractivity contribution >= 4 is 5.91 Å². The Hall–Kier alpha value is -1.40. The highest BCUT2D eigenvalue weighted by atomic mass is 16.3. The van der Waals surface area contributed by atoms with Crippen LogP contribution in [-0.4, -0.2) is 44.9 Å². The minimum absolute atomic E-state index is 0.197. The maximum Gasteiger partial charge on any atom is 0.222 e. The zero-order chi connectivity index (χ0) is 11.1. The molecule has 0 aliphatic carbocycles. The third-order valence-electron chi connectivity index (χ3n) is 1.96. The highest BCUT2D eigenvalue weighted by Gasteiger charge is 2.09. The number of carbonyl (C=O) groups is 1. The van der Waals surface area contributed by atoms with Gasteiger partial charge >= 0.3 is 0 Å². The van der Waals surface area contributed by atoms with Gasteiger partial charge in [0.25, 0.3) is 0 Å². The molecule has 0 aliphatic rings. The number of nitrogens with one attached hydrogen (secondary N) is 1. The largest absolute Gasteiger partial charge is 0.394 e. The Kier molecular flexibility index (Phi) is 4.79. The lowest BCUT2D eigenvalue weighted by atomic mass is 10.3. The Morgan fingerprint density at radius 2 is 2.20 bits per heavy atom. The lowest BCUT2D eigenvalue weighted by Crippen LogP contribution is -2.40. The van der Waals surface area contributed by atoms with Gasteiger partial charge in [0, 0.05) is 25.4 Å². The van der Waals surface area contributed by atoms with Crippen LogP contribution >= 0.6 is 0 Å². The van der Waals surface area contributed by atoms with Crippen molar-refractivity contribution < 1.29 is 15.0 Å². The molecule has 15 heavy (non-hydrogen) atoms. The average molecular weight is 213 g/mol. The highest BCUT2D eigenvalue weighted by molar-refractivity contribution is 5.76. The molecule has 0 unspecified atom stereocenters. The molecular weight excluding hydrogens is 198 g/mol. The van der Waals surface area contributed by atoms with Crippen molar-refractivity contribution in [3.8, 4) is 0 Å². The van der Waals surface area contributed by atoms with Gasteiger partial charge in [0.15, 0.2) is 0 Å². The number of carbonyl (C=O) groups excluding carboxylic acids is 1. The summed E-state index contributed by atoms with van der Waals surface area (Å²) in [7, 11) is 0. The Labute approximate surface area is 87.6 Å². The van der Waals surface area contributed by atoms with E-state index in [1.807, 2.05) is 0 Å². The second-order valence-electron chi connectivity index (χ2n) is 3.18. The van der Waals surface area contributed by atoms with Crippen LogP contribution in [0.2, 0.25) is 0 Å². The van der Waals surface area contributed by atoms with E-state index in [2.05, 4.69) is 10.3 Å². The number of aryl methyl sites for hydroxylation is 1. The molecule has 1 aromatic heterocycles. The number of amides is 1. The molecule has 1 rings (SSSR count). The fourth-order valence-corrected chi connectivity index (χ4v) is 1.10. The first-order valence-electron chi connectivity index (χ1n) is 4.73. The summed E-state index contributed by atoms with van der Waals surface area (Å²) >= 11 is 0. The first-order chi connectivity index (χ1) is 7.26. The van der Waals surface area contributed by atoms with E-state index in [1.54, 1.807) is 23.3 Å². The third kappa shape index (κ3) is 4.09. The predicted molar refractivity (Wildman–Crippen MR) is 52.9 cm³/mol. The number of imidazole rings is 1. The van der Waals surface area contributed by atoms with Gasteiger partial charge in [-0.1, -0.05) is 0 Å². The minimum atomic E-state index is -0.569. The normalized spacial score (nSPS) is 10.6. The van der Waals surface area contributed by atoms with Gasteiger partial charge in [-0.15, -0.1) is 0 Å². The molecule has 1 amide bonds. The third-order valence-corrected chi connectivity index (χ3v) is 1.96. The number of aliphatic hydroxyl groups is 2. The molecule has 0 aromatic carbocycles. The molecule has 6 nitrogen and oxygen atoms in total. The summed E-state index contributed by atoms with van der Waals surface area (Å²) in [5, 5.41) is 20.0. The van der Waals surface area contributed by atoms with Gasteiger partial charge in [-0.2, -0.15) is 0 Å². The van der Waals surface area contributed by atoms with Crippen molar-refractivity contribution in [2.24, 2.45) is 0 Å². The lowest BCUT2D eigenvalue weighted by molar-refractivity contribution is -0.122. The zero-order valence-corrected chi connectivity index (χ0v) is 8.33. The molecule has 0 bridgehead atoms. The smallest absolute Gasteiger partial charge is 0.222 e. The van der Waals surface area contributed by atoms with E-state index in [0.29, 0.717) is 13.0 Å². The molecule has 0 aliphatic heterocycles. The quantitative estimate of drug-likeness (QED) is 0.550. The van der Waals surface area contributed by atoms with Crippen LogP contribution in [-0.2, 0) is 11.3 Å². The number of hydrogen-bond donors (Lipinski definition) is 3. The van der Waals surface area contributed by atoms with Gasteiger partial charge in [-0.3, -0.25) is 4.79 Å². The summed E-state index contributed by atoms with van der Waals surface area (Å²) in [4.78, 5) is 15.1. The first-order valence-corrected chi connectivity index (χ1v) is 4.73. The molecule has 84 valence electrons. The Morgan fingerprint density at radius 3 is 2.73 bits per heavy atom. The van der Waals surface area contributed by atoms with Crippen LogP contribution in [0, 0.1) is 0 Å². The molecule has 0 saturated heterocycles. The van der Waals surface area contributed by atoms with E-state index in [0.717, 1.165) is 0 Å². The fraction of sp³-hybridized carbons (Fsp3) is 0.556. The summed E-state index contributed by atoms with van der Waals surface area (Å²) in [6.45, 7) is 0.0239. The minimum Gasteiger partial charge on any atom is -0.394 e. The Bertz CT molecular complexity index is 283. The highest BCUT2D eigenvalue weighted by Crippen LogP contribution is 1.91. The standard InChI is InChI=1S/C9H15N3O3/c13-5-8(6-14)11-9(15)1-3-12-4-2-10-7-12/h2,4,7-8,13-14H,1,3,5-6H2,(H,11,15). The van der Waals surface area contributed by atoms with Crippen LogP contribution in [0.5, 0.6) is 0 Å². The van der Waals surface area contributed by atoms with Gasteiger partial charge in [-0.05, 0) is 0 Å². The SMILES string of the molecule is O=C(CCn1ccnc1)NC(CO)CO. The van der Waals surface area contributed by atoms with Crippen molar-refractivity contribution in [3.63, 3.8) is 0 Å². The number of aliphatic hydroxyl groups excluding tert-OH is 2. The maximum atomic E-state index is 11.3. The van der Waals surface area contributed by atoms with E-state index < -0.39 is 6.04 Å². The van der Waals surface area contributed by atoms with Crippen molar-refractivity contribution in [2.75, 3.05) is 13.2 Å². The molecule has 3 N–H and O–H groups in total. The topological polar surface area (TPSA) is 87.4 Å². The average Bonchev–Trinajstić information content (AvgIpc) is 2.75. The van der Waals surface area contributed by atoms with Gasteiger partial charge in [0.1, 0.15) is 0 Å². The van der Waals surface area contributed by atoms with Crippen molar-refractivity contribution in [1.29, 1.82) is 0 Å². The van der Waals surface area contributed by atoms with Crippen LogP contribution < -0.4 is 5.32 Å². The predicted octanol–water partition coefficient (Wildman–Crippen LogP) is -1.26. The molecule has 0 spiro atoms. The molecule has 0 atom stereocenters. The summed E-state index contributed by atoms with van der Waals surface area (Å²) in [5.41, 5.74) is 0. The molecule has 1 heterocycles. The van der Waals surface area contributed by atoms with Crippen LogP contribution in [0.25, 0.3) is 0 Å². The van der Waals surface area contributed by atoms with E-state index in [1.165, 1.54) is 0 Å². The fourth-order valence-electron chi connectivity index (χ4n) is 1.10. The lowest BCUT2D eigenvalue weighted by Gasteiger charge is -2.13. The van der Waals surface area contributed by atoms with Crippen LogP contribution in [0.15, 0.2) is 18.7 Å². The van der Waals surface area contributed by atoms with Gasteiger partial charge in [-0.25, -0.2) is 4.98 Å². The first kappa shape index (κ1) is 11.7. The van der Waals surface area contributed by atoms with Crippen molar-refractivity contribution in [3.05, 3.63) is 18.7 Å².